The van der Waals surface area contributed by atoms with Crippen LogP contribution in [0.4, 0.5) is 0 Å². The third-order valence-corrected chi connectivity index (χ3v) is 11.2. The molecule has 1 N–H and O–H groups in total. The zero-order valence-electron chi connectivity index (χ0n) is 15.4. The molecule has 4 rings (SSSR count). The molecular formula is C20H32O2Si. The normalized spacial score (nSPS) is 30.3. The SMILES string of the molecule is CC(C)(C)[Si](C)(C)OCC[C@]1(O)C[C@H]2CC[C@@H]1c1ccccc12. The summed E-state index contributed by atoms with van der Waals surface area (Å²) in [5.74, 6) is 0.834. The molecule has 3 atom stereocenters. The van der Waals surface area contributed by atoms with Crippen molar-refractivity contribution >= 4 is 8.32 Å². The summed E-state index contributed by atoms with van der Waals surface area (Å²) < 4.78 is 6.34. The van der Waals surface area contributed by atoms with Gasteiger partial charge in [-0.1, -0.05) is 45.0 Å². The van der Waals surface area contributed by atoms with Crippen LogP contribution in [0, 0.1) is 0 Å². The maximum Gasteiger partial charge on any atom is 0.191 e. The first-order valence-electron chi connectivity index (χ1n) is 9.09. The van der Waals surface area contributed by atoms with Gasteiger partial charge < -0.3 is 9.53 Å². The Morgan fingerprint density at radius 3 is 2.48 bits per heavy atom. The molecule has 2 nitrogen and oxygen atoms in total. The Morgan fingerprint density at radius 1 is 1.17 bits per heavy atom. The summed E-state index contributed by atoms with van der Waals surface area (Å²) in [5.41, 5.74) is 2.31. The lowest BCUT2D eigenvalue weighted by atomic mass is 9.58. The molecule has 2 bridgehead atoms. The molecule has 1 aromatic rings. The second-order valence-corrected chi connectivity index (χ2v) is 13.9. The van der Waals surface area contributed by atoms with E-state index in [1.54, 1.807) is 0 Å². The molecule has 0 saturated heterocycles. The highest BCUT2D eigenvalue weighted by atomic mass is 28.4. The summed E-state index contributed by atoms with van der Waals surface area (Å²) >= 11 is 0. The molecule has 0 aromatic heterocycles. The second kappa shape index (κ2) is 5.71. The topological polar surface area (TPSA) is 29.5 Å². The lowest BCUT2D eigenvalue weighted by Crippen LogP contribution is -2.48. The fourth-order valence-corrected chi connectivity index (χ4v) is 5.24. The maximum absolute atomic E-state index is 11.3. The molecular weight excluding hydrogens is 300 g/mol. The summed E-state index contributed by atoms with van der Waals surface area (Å²) in [6, 6.07) is 8.74. The lowest BCUT2D eigenvalue weighted by Gasteiger charge is -2.50. The molecule has 3 aliphatic carbocycles. The second-order valence-electron chi connectivity index (χ2n) is 9.12. The van der Waals surface area contributed by atoms with E-state index in [1.165, 1.54) is 17.5 Å². The fraction of sp³-hybridized carbons (Fsp3) is 0.700. The Labute approximate surface area is 142 Å². The Morgan fingerprint density at radius 2 is 1.83 bits per heavy atom. The molecule has 0 amide bonds. The summed E-state index contributed by atoms with van der Waals surface area (Å²) in [6.45, 7) is 12.1. The van der Waals surface area contributed by atoms with Gasteiger partial charge in [0.05, 0.1) is 5.60 Å². The minimum Gasteiger partial charge on any atom is -0.417 e. The van der Waals surface area contributed by atoms with Gasteiger partial charge in [0.1, 0.15) is 0 Å². The molecule has 0 aliphatic heterocycles. The van der Waals surface area contributed by atoms with Gasteiger partial charge in [-0.05, 0) is 60.9 Å². The summed E-state index contributed by atoms with van der Waals surface area (Å²) in [6.07, 6.45) is 4.04. The molecule has 1 fully saturated rings. The molecule has 1 aromatic carbocycles. The van der Waals surface area contributed by atoms with Gasteiger partial charge in [-0.15, -0.1) is 0 Å². The van der Waals surface area contributed by atoms with Gasteiger partial charge in [0.25, 0.3) is 0 Å². The first-order valence-corrected chi connectivity index (χ1v) is 12.0. The van der Waals surface area contributed by atoms with Crippen LogP contribution in [0.5, 0.6) is 0 Å². The molecule has 0 spiro atoms. The molecule has 0 unspecified atom stereocenters. The van der Waals surface area contributed by atoms with Crippen LogP contribution in [-0.2, 0) is 4.43 Å². The lowest BCUT2D eigenvalue weighted by molar-refractivity contribution is -0.0491. The van der Waals surface area contributed by atoms with Crippen molar-refractivity contribution in [3.63, 3.8) is 0 Å². The van der Waals surface area contributed by atoms with Crippen LogP contribution in [0.25, 0.3) is 0 Å². The standard InChI is InChI=1S/C20H32O2Si/c1-19(2,3)23(4,5)22-13-12-20(21)14-15-10-11-18(20)17-9-7-6-8-16(15)17/h6-9,15,18,21H,10-14H2,1-5H3/t15-,18-,20+/m1/s1. The molecule has 3 aliphatic rings. The fourth-order valence-electron chi connectivity index (χ4n) is 4.19. The van der Waals surface area contributed by atoms with Gasteiger partial charge in [0, 0.05) is 12.5 Å². The van der Waals surface area contributed by atoms with E-state index in [9.17, 15) is 5.11 Å². The van der Waals surface area contributed by atoms with Crippen molar-refractivity contribution in [3.8, 4) is 0 Å². The average molecular weight is 333 g/mol. The van der Waals surface area contributed by atoms with Crippen LogP contribution in [0.3, 0.4) is 0 Å². The Kier molecular flexibility index (Phi) is 4.27. The highest BCUT2D eigenvalue weighted by Gasteiger charge is 2.49. The van der Waals surface area contributed by atoms with Crippen molar-refractivity contribution in [2.75, 3.05) is 6.61 Å². The van der Waals surface area contributed by atoms with Crippen molar-refractivity contribution in [1.29, 1.82) is 0 Å². The number of fused-ring (bicyclic) bond motifs is 2. The van der Waals surface area contributed by atoms with E-state index >= 15 is 0 Å². The number of hydrogen-bond acceptors (Lipinski definition) is 2. The smallest absolute Gasteiger partial charge is 0.191 e. The van der Waals surface area contributed by atoms with Crippen LogP contribution in [-0.4, -0.2) is 25.6 Å². The van der Waals surface area contributed by atoms with Crippen molar-refractivity contribution in [1.82, 2.24) is 0 Å². The van der Waals surface area contributed by atoms with Crippen LogP contribution in [0.1, 0.15) is 69.4 Å². The Balaban J connectivity index is 1.70. The largest absolute Gasteiger partial charge is 0.417 e. The van der Waals surface area contributed by atoms with Crippen LogP contribution in [0.2, 0.25) is 18.1 Å². The number of aliphatic hydroxyl groups is 1. The number of hydrogen-bond donors (Lipinski definition) is 1. The molecule has 23 heavy (non-hydrogen) atoms. The van der Waals surface area contributed by atoms with Crippen molar-refractivity contribution in [2.45, 2.75) is 82.0 Å². The summed E-state index contributed by atoms with van der Waals surface area (Å²) in [7, 11) is -1.73. The van der Waals surface area contributed by atoms with Gasteiger partial charge in [0.15, 0.2) is 8.32 Å². The zero-order chi connectivity index (χ0) is 16.9. The minimum absolute atomic E-state index is 0.230. The third-order valence-electron chi connectivity index (χ3n) is 6.67. The summed E-state index contributed by atoms with van der Waals surface area (Å²) in [4.78, 5) is 0. The van der Waals surface area contributed by atoms with Gasteiger partial charge in [0.2, 0.25) is 0 Å². The highest BCUT2D eigenvalue weighted by molar-refractivity contribution is 6.74. The first kappa shape index (κ1) is 17.2. The molecule has 0 heterocycles. The molecule has 3 heteroatoms. The number of benzene rings is 1. The van der Waals surface area contributed by atoms with Gasteiger partial charge in [-0.3, -0.25) is 0 Å². The van der Waals surface area contributed by atoms with Gasteiger partial charge >= 0.3 is 0 Å². The van der Waals surface area contributed by atoms with Crippen LogP contribution < -0.4 is 0 Å². The molecule has 128 valence electrons. The van der Waals surface area contributed by atoms with E-state index in [-0.39, 0.29) is 5.04 Å². The van der Waals surface area contributed by atoms with E-state index in [2.05, 4.69) is 58.1 Å². The van der Waals surface area contributed by atoms with Crippen molar-refractivity contribution in [2.24, 2.45) is 0 Å². The zero-order valence-corrected chi connectivity index (χ0v) is 16.4. The van der Waals surface area contributed by atoms with Crippen LogP contribution >= 0.6 is 0 Å². The Hall–Kier alpha value is -0.643. The van der Waals surface area contributed by atoms with Crippen molar-refractivity contribution in [3.05, 3.63) is 35.4 Å². The first-order chi connectivity index (χ1) is 10.6. The number of rotatable bonds is 4. The van der Waals surface area contributed by atoms with E-state index in [0.29, 0.717) is 18.4 Å². The van der Waals surface area contributed by atoms with Crippen molar-refractivity contribution < 1.29 is 9.53 Å². The highest BCUT2D eigenvalue weighted by Crippen LogP contribution is 2.55. The predicted molar refractivity (Wildman–Crippen MR) is 98.5 cm³/mol. The summed E-state index contributed by atoms with van der Waals surface area (Å²) in [5, 5.41) is 11.6. The molecule has 0 radical (unpaired) electrons. The van der Waals surface area contributed by atoms with E-state index in [1.807, 2.05) is 0 Å². The van der Waals surface area contributed by atoms with Gasteiger partial charge in [-0.2, -0.15) is 0 Å². The Bertz CT molecular complexity index is 575. The molecule has 1 saturated carbocycles. The average Bonchev–Trinajstić information content (AvgIpc) is 2.46. The van der Waals surface area contributed by atoms with E-state index in [0.717, 1.165) is 19.3 Å². The van der Waals surface area contributed by atoms with Gasteiger partial charge in [-0.25, -0.2) is 0 Å². The quantitative estimate of drug-likeness (QED) is 0.768. The van der Waals surface area contributed by atoms with E-state index in [4.69, 9.17) is 4.43 Å². The third kappa shape index (κ3) is 3.03. The minimum atomic E-state index is -1.73. The van der Waals surface area contributed by atoms with Crippen LogP contribution in [0.15, 0.2) is 24.3 Å². The monoisotopic (exact) mass is 332 g/mol. The maximum atomic E-state index is 11.3. The predicted octanol–water partition coefficient (Wildman–Crippen LogP) is 5.19. The van der Waals surface area contributed by atoms with E-state index < -0.39 is 13.9 Å².